The maximum atomic E-state index is 12.5. The molecule has 3 heterocycles. The van der Waals surface area contributed by atoms with Crippen LogP contribution in [0.25, 0.3) is 17.4 Å². The van der Waals surface area contributed by atoms with Crippen molar-refractivity contribution < 1.29 is 104 Å². The summed E-state index contributed by atoms with van der Waals surface area (Å²) in [5.41, 5.74) is 3.44. The molecule has 0 unspecified atom stereocenters. The van der Waals surface area contributed by atoms with Gasteiger partial charge in [-0.25, -0.2) is 17.8 Å². The molecule has 21 heteroatoms. The summed E-state index contributed by atoms with van der Waals surface area (Å²) in [6, 6.07) is 12.7. The predicted octanol–water partition coefficient (Wildman–Crippen LogP) is 2.62. The van der Waals surface area contributed by atoms with Crippen LogP contribution in [0.1, 0.15) is 90.0 Å². The monoisotopic (exact) mass is 1080 g/mol. The van der Waals surface area contributed by atoms with Gasteiger partial charge in [-0.15, -0.1) is 5.06 Å². The second-order valence-corrected chi connectivity index (χ2v) is 20.7. The van der Waals surface area contributed by atoms with Gasteiger partial charge in [-0.3, -0.25) is 9.59 Å². The topological polar surface area (TPSA) is 214 Å². The number of fused-ring (bicyclic) bond motifs is 2. The summed E-state index contributed by atoms with van der Waals surface area (Å²) in [5.74, 6) is -0.395. The molecule has 2 amide bonds. The summed E-state index contributed by atoms with van der Waals surface area (Å²) in [6.07, 6.45) is 7.58. The SMILES string of the molecule is COCCOCCOCCOCC[N+](CCOCCOCCOCCOC)=c1ccc2c(C(C)(C)C)cc(/C=C/C=C3/N(CCCCCC(=O)ON4C(=O)CCC4=O)c4ccc(S(=O)(=O)[O-])cc4C3(C)C)oc-2c1.[Na+]. The fourth-order valence-electron chi connectivity index (χ4n) is 8.49. The van der Waals surface area contributed by atoms with Crippen LogP contribution in [-0.2, 0) is 78.1 Å². The minimum Gasteiger partial charge on any atom is -0.744 e. The van der Waals surface area contributed by atoms with E-state index in [0.717, 1.165) is 27.9 Å². The number of carbonyl (C=O) groups is 3. The van der Waals surface area contributed by atoms with Crippen molar-refractivity contribution in [2.75, 3.05) is 131 Å². The molecule has 0 atom stereocenters. The van der Waals surface area contributed by atoms with Gasteiger partial charge < -0.3 is 56.6 Å². The van der Waals surface area contributed by atoms with E-state index in [1.54, 1.807) is 20.3 Å². The number of anilines is 1. The third kappa shape index (κ3) is 20.1. The fraction of sp³-hybridized carbons (Fsp3) is 0.593. The van der Waals surface area contributed by atoms with Crippen LogP contribution in [0.4, 0.5) is 5.69 Å². The maximum Gasteiger partial charge on any atom is 1.00 e. The first-order chi connectivity index (χ1) is 35.4. The number of hydrogen-bond donors (Lipinski definition) is 0. The minimum absolute atomic E-state index is 0. The van der Waals surface area contributed by atoms with Crippen LogP contribution in [0.15, 0.2) is 69.6 Å². The predicted molar refractivity (Wildman–Crippen MR) is 275 cm³/mol. The van der Waals surface area contributed by atoms with Gasteiger partial charge in [0.2, 0.25) is 5.36 Å². The molecule has 3 aliphatic heterocycles. The Morgan fingerprint density at radius 2 is 1.29 bits per heavy atom. The van der Waals surface area contributed by atoms with Gasteiger partial charge in [-0.1, -0.05) is 47.1 Å². The van der Waals surface area contributed by atoms with E-state index in [9.17, 15) is 27.4 Å². The van der Waals surface area contributed by atoms with Gasteiger partial charge in [0.1, 0.15) is 34.9 Å². The zero-order valence-electron chi connectivity index (χ0n) is 45.3. The number of nitrogens with zero attached hydrogens (tertiary/aromatic N) is 3. The molecule has 0 bridgehead atoms. The van der Waals surface area contributed by atoms with E-state index >= 15 is 0 Å². The fourth-order valence-corrected chi connectivity index (χ4v) is 8.98. The molecule has 0 aromatic heterocycles. The van der Waals surface area contributed by atoms with Crippen LogP contribution >= 0.6 is 0 Å². The van der Waals surface area contributed by atoms with Gasteiger partial charge in [0.25, 0.3) is 11.8 Å². The van der Waals surface area contributed by atoms with Gasteiger partial charge in [-0.05, 0) is 71.9 Å². The first kappa shape index (κ1) is 63.7. The molecule has 1 aromatic carbocycles. The Morgan fingerprint density at radius 3 is 1.83 bits per heavy atom. The molecule has 0 radical (unpaired) electrons. The average molecular weight is 1080 g/mol. The molecule has 75 heavy (non-hydrogen) atoms. The Balaban J connectivity index is 0.0000122. The van der Waals surface area contributed by atoms with E-state index in [0.29, 0.717) is 154 Å². The molecule has 0 saturated carbocycles. The van der Waals surface area contributed by atoms with E-state index in [1.165, 1.54) is 12.1 Å². The molecule has 19 nitrogen and oxygen atoms in total. The van der Waals surface area contributed by atoms with Crippen molar-refractivity contribution in [3.05, 3.63) is 82.6 Å². The van der Waals surface area contributed by atoms with Gasteiger partial charge in [0, 0.05) is 68.5 Å². The molecule has 1 aromatic rings. The van der Waals surface area contributed by atoms with Crippen molar-refractivity contribution in [1.29, 1.82) is 0 Å². The number of benzene rings is 2. The van der Waals surface area contributed by atoms with Gasteiger partial charge in [0.05, 0.1) is 90.2 Å². The number of rotatable bonds is 34. The molecule has 410 valence electrons. The van der Waals surface area contributed by atoms with Crippen molar-refractivity contribution in [3.8, 4) is 11.3 Å². The van der Waals surface area contributed by atoms with Crippen LogP contribution in [0.3, 0.4) is 0 Å². The average Bonchev–Trinajstić information content (AvgIpc) is 3.78. The number of amides is 2. The van der Waals surface area contributed by atoms with Crippen molar-refractivity contribution in [2.45, 2.75) is 88.9 Å². The summed E-state index contributed by atoms with van der Waals surface area (Å²) in [6.45, 7) is 18.8. The second-order valence-electron chi connectivity index (χ2n) is 19.3. The molecule has 0 N–H and O–H groups in total. The Morgan fingerprint density at radius 1 is 0.747 bits per heavy atom. The summed E-state index contributed by atoms with van der Waals surface area (Å²) < 4.78 is 89.6. The van der Waals surface area contributed by atoms with Crippen molar-refractivity contribution in [2.24, 2.45) is 0 Å². The van der Waals surface area contributed by atoms with Crippen molar-refractivity contribution >= 4 is 39.7 Å². The number of allylic oxidation sites excluding steroid dienone is 3. The zero-order valence-corrected chi connectivity index (χ0v) is 48.1. The second kappa shape index (κ2) is 32.1. The van der Waals surface area contributed by atoms with Crippen molar-refractivity contribution in [3.63, 3.8) is 0 Å². The first-order valence-electron chi connectivity index (χ1n) is 25.4. The number of hydroxylamine groups is 2. The van der Waals surface area contributed by atoms with E-state index in [2.05, 4.69) is 48.4 Å². The molecule has 0 spiro atoms. The number of unbranched alkanes of at least 4 members (excludes halogenated alkanes) is 2. The van der Waals surface area contributed by atoms with E-state index in [4.69, 9.17) is 47.1 Å². The summed E-state index contributed by atoms with van der Waals surface area (Å²) >= 11 is 0. The first-order valence-corrected chi connectivity index (χ1v) is 26.8. The van der Waals surface area contributed by atoms with Crippen LogP contribution in [0.5, 0.6) is 0 Å². The summed E-state index contributed by atoms with van der Waals surface area (Å²) in [4.78, 5) is 43.1. The van der Waals surface area contributed by atoms with Crippen LogP contribution in [0, 0.1) is 0 Å². The number of methoxy groups -OCH3 is 2. The maximum absolute atomic E-state index is 12.5. The third-order valence-corrected chi connectivity index (χ3v) is 13.3. The number of ether oxygens (including phenoxy) is 8. The van der Waals surface area contributed by atoms with Crippen molar-refractivity contribution in [1.82, 2.24) is 9.64 Å². The third-order valence-electron chi connectivity index (χ3n) is 12.4. The Bertz CT molecular complexity index is 2460. The largest absolute Gasteiger partial charge is 1.00 e. The molecule has 5 rings (SSSR count). The molecular formula is C54H77N3NaO16S+. The summed E-state index contributed by atoms with van der Waals surface area (Å²) in [5, 5.41) is 1.48. The zero-order chi connectivity index (χ0) is 53.6. The van der Waals surface area contributed by atoms with Gasteiger partial charge in [0.15, 0.2) is 13.1 Å². The Kier molecular flexibility index (Phi) is 27.3. The van der Waals surface area contributed by atoms with Crippen LogP contribution in [-0.4, -0.2) is 162 Å². The number of imide groups is 1. The van der Waals surface area contributed by atoms with E-state index in [1.807, 2.05) is 38.1 Å². The molecule has 1 aliphatic carbocycles. The molecule has 4 aliphatic rings. The smallest absolute Gasteiger partial charge is 0.744 e. The quantitative estimate of drug-likeness (QED) is 0.0276. The summed E-state index contributed by atoms with van der Waals surface area (Å²) in [7, 11) is -1.45. The molecular weight excluding hydrogens is 1000 g/mol. The van der Waals surface area contributed by atoms with Gasteiger partial charge in [-0.2, -0.15) is 0 Å². The van der Waals surface area contributed by atoms with E-state index in [-0.39, 0.29) is 59.1 Å². The van der Waals surface area contributed by atoms with E-state index < -0.39 is 33.3 Å². The number of carbonyl (C=O) groups excluding carboxylic acids is 3. The normalized spacial score (nSPS) is 15.2. The minimum atomic E-state index is -4.72. The molecule has 1 saturated heterocycles. The van der Waals surface area contributed by atoms with Crippen LogP contribution < -0.4 is 44.4 Å². The standard InChI is InChI=1S/C54H77N3O16S.Na/c1-53(2,3)45-39-42(12-11-13-49-54(4,5)46-40-43(74(61,62)63)16-18-47(46)56(49)21-10-8-9-14-52(60)73-57-50(58)19-20-51(57)59)72-48-38-41(15-17-44(45)48)55(22-24-66-30-32-70-36-34-68-28-26-64-6)23-25-67-31-33-71-37-35-69-29-27-65-7;/h11-13,15-18,38-40H,8-10,14,19-37H2,1-7H3;/q;+1. The number of hydrogen-bond acceptors (Lipinski definition) is 17. The molecule has 1 fully saturated rings. The Labute approximate surface area is 464 Å². The van der Waals surface area contributed by atoms with Gasteiger partial charge >= 0.3 is 35.5 Å². The van der Waals surface area contributed by atoms with Crippen LogP contribution in [0.2, 0.25) is 0 Å². The Hall–Kier alpha value is -3.87.